The topological polar surface area (TPSA) is 58.1 Å². The zero-order valence-corrected chi connectivity index (χ0v) is 15.2. The number of carbonyl (C=O) groups is 1. The van der Waals surface area contributed by atoms with Crippen LogP contribution in [0.1, 0.15) is 37.2 Å². The average molecular weight is 367 g/mol. The van der Waals surface area contributed by atoms with Gasteiger partial charge in [-0.3, -0.25) is 4.79 Å². The van der Waals surface area contributed by atoms with E-state index in [9.17, 15) is 4.79 Å². The van der Waals surface area contributed by atoms with E-state index in [4.69, 9.17) is 23.2 Å². The van der Waals surface area contributed by atoms with E-state index < -0.39 is 0 Å². The predicted molar refractivity (Wildman–Crippen MR) is 98.3 cm³/mol. The van der Waals surface area contributed by atoms with E-state index in [1.165, 1.54) is 0 Å². The SMILES string of the molecule is CCCN(CCC)C(=O)c1ccnc(Nc2ccc(Cl)cc2Cl)n1. The Bertz CT molecular complexity index is 703. The standard InChI is InChI=1S/C17H20Cl2N4O/c1-3-9-23(10-4-2)16(24)15-7-8-20-17(22-15)21-14-6-5-12(18)11-13(14)19/h5-8,11H,3-4,9-10H2,1-2H3,(H,20,21,22). The van der Waals surface area contributed by atoms with E-state index in [-0.39, 0.29) is 5.91 Å². The first-order valence-corrected chi connectivity index (χ1v) is 8.65. The van der Waals surface area contributed by atoms with Gasteiger partial charge < -0.3 is 10.2 Å². The molecule has 0 aliphatic heterocycles. The Morgan fingerprint density at radius 3 is 2.50 bits per heavy atom. The Labute approximate surface area is 152 Å². The van der Waals surface area contributed by atoms with Gasteiger partial charge in [0.2, 0.25) is 5.95 Å². The highest BCUT2D eigenvalue weighted by Gasteiger charge is 2.16. The molecule has 0 saturated carbocycles. The second-order valence-corrected chi connectivity index (χ2v) is 6.15. The first-order valence-electron chi connectivity index (χ1n) is 7.89. The zero-order chi connectivity index (χ0) is 17.5. The lowest BCUT2D eigenvalue weighted by Gasteiger charge is -2.21. The van der Waals surface area contributed by atoms with Gasteiger partial charge in [0.25, 0.3) is 5.91 Å². The van der Waals surface area contributed by atoms with Crippen molar-refractivity contribution in [2.45, 2.75) is 26.7 Å². The number of amides is 1. The van der Waals surface area contributed by atoms with Crippen molar-refractivity contribution < 1.29 is 4.79 Å². The molecule has 0 atom stereocenters. The van der Waals surface area contributed by atoms with Crippen LogP contribution in [0.2, 0.25) is 10.0 Å². The molecule has 1 N–H and O–H groups in total. The number of nitrogens with one attached hydrogen (secondary N) is 1. The zero-order valence-electron chi connectivity index (χ0n) is 13.7. The van der Waals surface area contributed by atoms with Gasteiger partial charge in [-0.2, -0.15) is 0 Å². The molecule has 0 radical (unpaired) electrons. The third kappa shape index (κ3) is 4.82. The number of hydrogen-bond donors (Lipinski definition) is 1. The Morgan fingerprint density at radius 2 is 1.88 bits per heavy atom. The van der Waals surface area contributed by atoms with Gasteiger partial charge in [-0.1, -0.05) is 37.0 Å². The number of benzene rings is 1. The predicted octanol–water partition coefficient (Wildman–Crippen LogP) is 4.79. The lowest BCUT2D eigenvalue weighted by molar-refractivity contribution is 0.0749. The quantitative estimate of drug-likeness (QED) is 0.765. The molecule has 1 amide bonds. The van der Waals surface area contributed by atoms with Gasteiger partial charge in [-0.25, -0.2) is 9.97 Å². The monoisotopic (exact) mass is 366 g/mol. The third-order valence-corrected chi connectivity index (χ3v) is 3.87. The summed E-state index contributed by atoms with van der Waals surface area (Å²) in [5, 5.41) is 4.02. The van der Waals surface area contributed by atoms with Crippen molar-refractivity contribution in [3.63, 3.8) is 0 Å². The highest BCUT2D eigenvalue weighted by Crippen LogP contribution is 2.27. The van der Waals surface area contributed by atoms with Gasteiger partial charge in [0.05, 0.1) is 10.7 Å². The molecular weight excluding hydrogens is 347 g/mol. The van der Waals surface area contributed by atoms with Crippen molar-refractivity contribution in [3.8, 4) is 0 Å². The van der Waals surface area contributed by atoms with Gasteiger partial charge in [-0.15, -0.1) is 0 Å². The number of nitrogens with zero attached hydrogens (tertiary/aromatic N) is 3. The van der Waals surface area contributed by atoms with Crippen molar-refractivity contribution in [1.82, 2.24) is 14.9 Å². The number of hydrogen-bond acceptors (Lipinski definition) is 4. The van der Waals surface area contributed by atoms with E-state index in [1.807, 2.05) is 13.8 Å². The van der Waals surface area contributed by atoms with Crippen molar-refractivity contribution in [2.24, 2.45) is 0 Å². The minimum Gasteiger partial charge on any atom is -0.337 e. The van der Waals surface area contributed by atoms with E-state index in [0.29, 0.717) is 40.5 Å². The summed E-state index contributed by atoms with van der Waals surface area (Å²) < 4.78 is 0. The molecule has 0 unspecified atom stereocenters. The van der Waals surface area contributed by atoms with Crippen LogP contribution >= 0.6 is 23.2 Å². The molecule has 0 aliphatic rings. The number of rotatable bonds is 7. The van der Waals surface area contributed by atoms with Crippen LogP contribution in [0.3, 0.4) is 0 Å². The van der Waals surface area contributed by atoms with Crippen LogP contribution in [0, 0.1) is 0 Å². The van der Waals surface area contributed by atoms with E-state index >= 15 is 0 Å². The highest BCUT2D eigenvalue weighted by atomic mass is 35.5. The largest absolute Gasteiger partial charge is 0.337 e. The number of halogens is 2. The molecule has 1 aromatic heterocycles. The highest BCUT2D eigenvalue weighted by molar-refractivity contribution is 6.36. The van der Waals surface area contributed by atoms with Gasteiger partial charge in [0, 0.05) is 24.3 Å². The average Bonchev–Trinajstić information content (AvgIpc) is 2.57. The van der Waals surface area contributed by atoms with Crippen LogP contribution in [0.5, 0.6) is 0 Å². The van der Waals surface area contributed by atoms with Crippen molar-refractivity contribution in [3.05, 3.63) is 46.2 Å². The Kier molecular flexibility index (Phi) is 6.82. The second kappa shape index (κ2) is 8.85. The summed E-state index contributed by atoms with van der Waals surface area (Å²) in [6.07, 6.45) is 3.37. The Morgan fingerprint density at radius 1 is 1.17 bits per heavy atom. The molecule has 1 heterocycles. The first-order chi connectivity index (χ1) is 11.5. The molecule has 1 aromatic carbocycles. The van der Waals surface area contributed by atoms with Gasteiger partial charge >= 0.3 is 0 Å². The fourth-order valence-electron chi connectivity index (χ4n) is 2.27. The molecule has 128 valence electrons. The molecule has 0 saturated heterocycles. The molecule has 0 aliphatic carbocycles. The molecular formula is C17H20Cl2N4O. The second-order valence-electron chi connectivity index (χ2n) is 5.31. The summed E-state index contributed by atoms with van der Waals surface area (Å²) in [6.45, 7) is 5.52. The minimum atomic E-state index is -0.0913. The van der Waals surface area contributed by atoms with Crippen molar-refractivity contribution >= 4 is 40.7 Å². The van der Waals surface area contributed by atoms with Gasteiger partial charge in [0.1, 0.15) is 5.69 Å². The summed E-state index contributed by atoms with van der Waals surface area (Å²) in [5.74, 6) is 0.226. The van der Waals surface area contributed by atoms with Crippen LogP contribution in [-0.2, 0) is 0 Å². The molecule has 2 rings (SSSR count). The van der Waals surface area contributed by atoms with E-state index in [2.05, 4.69) is 15.3 Å². The summed E-state index contributed by atoms with van der Waals surface area (Å²) in [4.78, 5) is 22.9. The summed E-state index contributed by atoms with van der Waals surface area (Å²) in [6, 6.07) is 6.71. The minimum absolute atomic E-state index is 0.0913. The van der Waals surface area contributed by atoms with Crippen LogP contribution in [-0.4, -0.2) is 33.9 Å². The van der Waals surface area contributed by atoms with Crippen LogP contribution < -0.4 is 5.32 Å². The maximum Gasteiger partial charge on any atom is 0.272 e. The van der Waals surface area contributed by atoms with Gasteiger partial charge in [0.15, 0.2) is 0 Å². The maximum absolute atomic E-state index is 12.6. The number of anilines is 2. The Balaban J connectivity index is 2.20. The molecule has 2 aromatic rings. The number of aromatic nitrogens is 2. The van der Waals surface area contributed by atoms with Crippen molar-refractivity contribution in [2.75, 3.05) is 18.4 Å². The lowest BCUT2D eigenvalue weighted by Crippen LogP contribution is -2.33. The first kappa shape index (κ1) is 18.5. The van der Waals surface area contributed by atoms with Crippen LogP contribution in [0.25, 0.3) is 0 Å². The number of carbonyl (C=O) groups excluding carboxylic acids is 1. The summed E-state index contributed by atoms with van der Waals surface area (Å²) in [5.41, 5.74) is 0.990. The molecule has 24 heavy (non-hydrogen) atoms. The van der Waals surface area contributed by atoms with Crippen LogP contribution in [0.4, 0.5) is 11.6 Å². The van der Waals surface area contributed by atoms with Crippen LogP contribution in [0.15, 0.2) is 30.5 Å². The normalized spacial score (nSPS) is 10.5. The lowest BCUT2D eigenvalue weighted by atomic mass is 10.3. The fraction of sp³-hybridized carbons (Fsp3) is 0.353. The van der Waals surface area contributed by atoms with E-state index in [0.717, 1.165) is 12.8 Å². The van der Waals surface area contributed by atoms with Crippen molar-refractivity contribution in [1.29, 1.82) is 0 Å². The summed E-state index contributed by atoms with van der Waals surface area (Å²) >= 11 is 12.0. The Hall–Kier alpha value is -1.85. The molecule has 0 spiro atoms. The summed E-state index contributed by atoms with van der Waals surface area (Å²) in [7, 11) is 0. The molecule has 7 heteroatoms. The van der Waals surface area contributed by atoms with E-state index in [1.54, 1.807) is 35.4 Å². The molecule has 0 fully saturated rings. The molecule has 0 bridgehead atoms. The fourth-order valence-corrected chi connectivity index (χ4v) is 2.72. The smallest absolute Gasteiger partial charge is 0.272 e. The van der Waals surface area contributed by atoms with Gasteiger partial charge in [-0.05, 0) is 37.1 Å². The molecule has 5 nitrogen and oxygen atoms in total. The third-order valence-electron chi connectivity index (χ3n) is 3.33. The maximum atomic E-state index is 12.6.